The van der Waals surface area contributed by atoms with E-state index in [-0.39, 0.29) is 5.41 Å². The second-order valence-corrected chi connectivity index (χ2v) is 5.28. The molecule has 1 saturated carbocycles. The molecule has 1 N–H and O–H groups in total. The van der Waals surface area contributed by atoms with E-state index < -0.39 is 0 Å². The van der Waals surface area contributed by atoms with E-state index in [4.69, 9.17) is 9.47 Å². The fourth-order valence-electron chi connectivity index (χ4n) is 2.43. The van der Waals surface area contributed by atoms with Gasteiger partial charge in [0.05, 0.1) is 13.2 Å². The third kappa shape index (κ3) is 2.43. The number of ether oxygens (including phenoxy) is 2. The molecule has 1 aliphatic rings. The molecule has 0 aromatic carbocycles. The molecule has 4 nitrogen and oxygen atoms in total. The van der Waals surface area contributed by atoms with Gasteiger partial charge in [-0.15, -0.1) is 0 Å². The van der Waals surface area contributed by atoms with Crippen LogP contribution in [0.25, 0.3) is 0 Å². The number of aromatic nitrogens is 1. The van der Waals surface area contributed by atoms with E-state index in [1.807, 2.05) is 19.1 Å². The molecule has 1 heterocycles. The molecule has 0 aliphatic heterocycles. The lowest BCUT2D eigenvalue weighted by Crippen LogP contribution is -2.58. The van der Waals surface area contributed by atoms with E-state index in [2.05, 4.69) is 24.1 Å². The van der Waals surface area contributed by atoms with E-state index >= 15 is 0 Å². The van der Waals surface area contributed by atoms with Crippen molar-refractivity contribution >= 4 is 5.69 Å². The maximum atomic E-state index is 5.73. The first-order chi connectivity index (χ1) is 8.57. The van der Waals surface area contributed by atoms with Crippen LogP contribution in [0.2, 0.25) is 0 Å². The number of hydrogen-bond donors (Lipinski definition) is 1. The highest BCUT2D eigenvalue weighted by atomic mass is 16.5. The van der Waals surface area contributed by atoms with E-state index in [1.165, 1.54) is 0 Å². The lowest BCUT2D eigenvalue weighted by atomic mass is 9.64. The standard InChI is InChI=1S/C14H22N2O2/c1-5-18-12-9-11(14(12,2)3)16-10-6-7-15-13(8-10)17-4/h6-8,11-12H,5,9H2,1-4H3,(H,15,16). The maximum absolute atomic E-state index is 5.73. The summed E-state index contributed by atoms with van der Waals surface area (Å²) >= 11 is 0. The summed E-state index contributed by atoms with van der Waals surface area (Å²) in [6.07, 6.45) is 3.15. The number of anilines is 1. The van der Waals surface area contributed by atoms with Crippen LogP contribution in [0.5, 0.6) is 5.88 Å². The molecular weight excluding hydrogens is 228 g/mol. The van der Waals surface area contributed by atoms with Gasteiger partial charge in [0.15, 0.2) is 0 Å². The van der Waals surface area contributed by atoms with Gasteiger partial charge in [0.25, 0.3) is 0 Å². The fourth-order valence-corrected chi connectivity index (χ4v) is 2.43. The topological polar surface area (TPSA) is 43.4 Å². The van der Waals surface area contributed by atoms with Gasteiger partial charge in [0, 0.05) is 36.0 Å². The Morgan fingerprint density at radius 2 is 2.28 bits per heavy atom. The molecule has 1 fully saturated rings. The summed E-state index contributed by atoms with van der Waals surface area (Å²) in [6, 6.07) is 4.32. The zero-order valence-electron chi connectivity index (χ0n) is 11.6. The number of pyridine rings is 1. The molecule has 0 radical (unpaired) electrons. The molecule has 2 atom stereocenters. The van der Waals surface area contributed by atoms with Crippen molar-refractivity contribution < 1.29 is 9.47 Å². The first kappa shape index (κ1) is 13.1. The van der Waals surface area contributed by atoms with E-state index in [0.29, 0.717) is 18.0 Å². The van der Waals surface area contributed by atoms with Crippen LogP contribution >= 0.6 is 0 Å². The summed E-state index contributed by atoms with van der Waals surface area (Å²) in [5.74, 6) is 0.637. The molecule has 0 bridgehead atoms. The lowest BCUT2D eigenvalue weighted by molar-refractivity contribution is -0.0975. The summed E-state index contributed by atoms with van der Waals surface area (Å²) in [7, 11) is 1.63. The molecule has 1 aromatic rings. The van der Waals surface area contributed by atoms with Crippen molar-refractivity contribution in [1.29, 1.82) is 0 Å². The largest absolute Gasteiger partial charge is 0.481 e. The minimum absolute atomic E-state index is 0.159. The SMILES string of the molecule is CCOC1CC(Nc2ccnc(OC)c2)C1(C)C. The van der Waals surface area contributed by atoms with Crippen molar-refractivity contribution in [3.8, 4) is 5.88 Å². The van der Waals surface area contributed by atoms with Gasteiger partial charge in [-0.05, 0) is 19.4 Å². The second-order valence-electron chi connectivity index (χ2n) is 5.28. The third-order valence-electron chi connectivity index (χ3n) is 3.83. The van der Waals surface area contributed by atoms with Crippen LogP contribution < -0.4 is 10.1 Å². The van der Waals surface area contributed by atoms with E-state index in [9.17, 15) is 0 Å². The smallest absolute Gasteiger partial charge is 0.214 e. The highest BCUT2D eigenvalue weighted by Gasteiger charge is 2.48. The average molecular weight is 250 g/mol. The Kier molecular flexibility index (Phi) is 3.76. The van der Waals surface area contributed by atoms with Crippen molar-refractivity contribution in [2.45, 2.75) is 39.3 Å². The Morgan fingerprint density at radius 1 is 1.50 bits per heavy atom. The van der Waals surface area contributed by atoms with Crippen LogP contribution in [0.3, 0.4) is 0 Å². The van der Waals surface area contributed by atoms with Gasteiger partial charge in [-0.1, -0.05) is 13.8 Å². The van der Waals surface area contributed by atoms with Crippen molar-refractivity contribution in [1.82, 2.24) is 4.98 Å². The average Bonchev–Trinajstić information content (AvgIpc) is 2.38. The van der Waals surface area contributed by atoms with Crippen molar-refractivity contribution in [2.24, 2.45) is 5.41 Å². The molecule has 1 aliphatic carbocycles. The van der Waals surface area contributed by atoms with Crippen LogP contribution in [-0.2, 0) is 4.74 Å². The molecule has 0 spiro atoms. The normalized spacial score (nSPS) is 25.3. The Morgan fingerprint density at radius 3 is 2.89 bits per heavy atom. The van der Waals surface area contributed by atoms with Crippen molar-refractivity contribution in [3.63, 3.8) is 0 Å². The molecule has 2 rings (SSSR count). The second kappa shape index (κ2) is 5.14. The maximum Gasteiger partial charge on any atom is 0.214 e. The van der Waals surface area contributed by atoms with Crippen LogP contribution in [-0.4, -0.2) is 30.8 Å². The van der Waals surface area contributed by atoms with Crippen molar-refractivity contribution in [2.75, 3.05) is 19.0 Å². The molecule has 0 saturated heterocycles. The van der Waals surface area contributed by atoms with Crippen molar-refractivity contribution in [3.05, 3.63) is 18.3 Å². The zero-order valence-corrected chi connectivity index (χ0v) is 11.6. The fraction of sp³-hybridized carbons (Fsp3) is 0.643. The quantitative estimate of drug-likeness (QED) is 0.872. The first-order valence-corrected chi connectivity index (χ1v) is 6.46. The van der Waals surface area contributed by atoms with Crippen LogP contribution in [0.1, 0.15) is 27.2 Å². The van der Waals surface area contributed by atoms with Crippen LogP contribution in [0.15, 0.2) is 18.3 Å². The molecule has 2 unspecified atom stereocenters. The van der Waals surface area contributed by atoms with Crippen LogP contribution in [0, 0.1) is 5.41 Å². The van der Waals surface area contributed by atoms with E-state index in [0.717, 1.165) is 18.7 Å². The number of hydrogen-bond acceptors (Lipinski definition) is 4. The van der Waals surface area contributed by atoms with Gasteiger partial charge in [-0.2, -0.15) is 0 Å². The number of nitrogens with zero attached hydrogens (tertiary/aromatic N) is 1. The van der Waals surface area contributed by atoms with E-state index in [1.54, 1.807) is 13.3 Å². The minimum Gasteiger partial charge on any atom is -0.481 e. The van der Waals surface area contributed by atoms with Gasteiger partial charge in [-0.3, -0.25) is 0 Å². The van der Waals surface area contributed by atoms with Gasteiger partial charge < -0.3 is 14.8 Å². The summed E-state index contributed by atoms with van der Waals surface area (Å²) in [5.41, 5.74) is 1.21. The summed E-state index contributed by atoms with van der Waals surface area (Å²) in [6.45, 7) is 7.31. The third-order valence-corrected chi connectivity index (χ3v) is 3.83. The Labute approximate surface area is 109 Å². The monoisotopic (exact) mass is 250 g/mol. The highest BCUT2D eigenvalue weighted by Crippen LogP contribution is 2.44. The molecule has 4 heteroatoms. The highest BCUT2D eigenvalue weighted by molar-refractivity contribution is 5.47. The number of rotatable bonds is 5. The predicted octanol–water partition coefficient (Wildman–Crippen LogP) is 2.71. The molecule has 18 heavy (non-hydrogen) atoms. The Hall–Kier alpha value is -1.29. The first-order valence-electron chi connectivity index (χ1n) is 6.46. The minimum atomic E-state index is 0.159. The molecule has 0 amide bonds. The molecular formula is C14H22N2O2. The summed E-state index contributed by atoms with van der Waals surface area (Å²) in [4.78, 5) is 4.10. The number of methoxy groups -OCH3 is 1. The Balaban J connectivity index is 1.98. The van der Waals surface area contributed by atoms with Gasteiger partial charge in [-0.25, -0.2) is 4.98 Å². The van der Waals surface area contributed by atoms with Gasteiger partial charge >= 0.3 is 0 Å². The molecule has 1 aromatic heterocycles. The van der Waals surface area contributed by atoms with Crippen LogP contribution in [0.4, 0.5) is 5.69 Å². The molecule has 100 valence electrons. The summed E-state index contributed by atoms with van der Waals surface area (Å²) < 4.78 is 10.9. The Bertz CT molecular complexity index is 407. The number of nitrogens with one attached hydrogen (secondary N) is 1. The lowest BCUT2D eigenvalue weighted by Gasteiger charge is -2.52. The van der Waals surface area contributed by atoms with Gasteiger partial charge in [0.2, 0.25) is 5.88 Å². The predicted molar refractivity (Wildman–Crippen MR) is 72.0 cm³/mol. The zero-order chi connectivity index (χ0) is 13.2. The van der Waals surface area contributed by atoms with Gasteiger partial charge in [0.1, 0.15) is 0 Å². The summed E-state index contributed by atoms with van der Waals surface area (Å²) in [5, 5.41) is 3.53.